The van der Waals surface area contributed by atoms with E-state index < -0.39 is 0 Å². The number of imidazole rings is 1. The zero-order valence-corrected chi connectivity index (χ0v) is 10.2. The van der Waals surface area contributed by atoms with Gasteiger partial charge in [-0.2, -0.15) is 4.98 Å². The van der Waals surface area contributed by atoms with Crippen LogP contribution in [0.25, 0.3) is 5.82 Å². The number of aromatic nitrogens is 3. The number of anilines is 1. The van der Waals surface area contributed by atoms with Crippen molar-refractivity contribution in [1.82, 2.24) is 14.5 Å². The number of nitrogens with two attached hydrogens (primary N) is 1. The average Bonchev–Trinajstić information content (AvgIpc) is 2.67. The van der Waals surface area contributed by atoms with Crippen molar-refractivity contribution in [3.8, 4) is 11.7 Å². The zero-order valence-electron chi connectivity index (χ0n) is 10.2. The molecule has 0 amide bonds. The highest BCUT2D eigenvalue weighted by molar-refractivity contribution is 5.50. The molecular formula is C12H16N4O. The monoisotopic (exact) mass is 232 g/mol. The van der Waals surface area contributed by atoms with Gasteiger partial charge in [0, 0.05) is 12.4 Å². The second-order valence-corrected chi connectivity index (χ2v) is 4.07. The Morgan fingerprint density at radius 1 is 1.35 bits per heavy atom. The van der Waals surface area contributed by atoms with E-state index in [0.717, 1.165) is 11.6 Å². The predicted octanol–water partition coefficient (Wildman–Crippen LogP) is 1.95. The van der Waals surface area contributed by atoms with Gasteiger partial charge >= 0.3 is 0 Å². The summed E-state index contributed by atoms with van der Waals surface area (Å²) in [5.41, 5.74) is 6.36. The van der Waals surface area contributed by atoms with Gasteiger partial charge in [-0.25, -0.2) is 4.98 Å². The van der Waals surface area contributed by atoms with Crippen molar-refractivity contribution < 1.29 is 4.74 Å². The van der Waals surface area contributed by atoms with Crippen LogP contribution in [0.15, 0.2) is 24.5 Å². The lowest BCUT2D eigenvalue weighted by atomic mass is 10.4. The van der Waals surface area contributed by atoms with Crippen LogP contribution in [0.3, 0.4) is 0 Å². The van der Waals surface area contributed by atoms with E-state index >= 15 is 0 Å². The van der Waals surface area contributed by atoms with Gasteiger partial charge in [-0.05, 0) is 32.9 Å². The summed E-state index contributed by atoms with van der Waals surface area (Å²) in [7, 11) is 0. The highest BCUT2D eigenvalue weighted by atomic mass is 16.5. The third kappa shape index (κ3) is 2.38. The van der Waals surface area contributed by atoms with Gasteiger partial charge in [-0.15, -0.1) is 0 Å². The van der Waals surface area contributed by atoms with Gasteiger partial charge in [0.2, 0.25) is 5.88 Å². The van der Waals surface area contributed by atoms with Gasteiger partial charge in [-0.3, -0.25) is 4.57 Å². The molecule has 5 heteroatoms. The lowest BCUT2D eigenvalue weighted by molar-refractivity contribution is 0.234. The molecule has 0 spiro atoms. The summed E-state index contributed by atoms with van der Waals surface area (Å²) in [4.78, 5) is 8.55. The van der Waals surface area contributed by atoms with Crippen molar-refractivity contribution in [2.75, 3.05) is 5.73 Å². The largest absolute Gasteiger partial charge is 0.473 e. The Morgan fingerprint density at radius 2 is 2.12 bits per heavy atom. The Labute approximate surface area is 100 Å². The van der Waals surface area contributed by atoms with E-state index in [4.69, 9.17) is 10.5 Å². The van der Waals surface area contributed by atoms with Crippen LogP contribution in [-0.4, -0.2) is 20.6 Å². The number of hydrogen-bond acceptors (Lipinski definition) is 4. The van der Waals surface area contributed by atoms with Crippen LogP contribution in [0, 0.1) is 6.92 Å². The molecule has 2 aromatic heterocycles. The van der Waals surface area contributed by atoms with Crippen molar-refractivity contribution in [3.05, 3.63) is 30.4 Å². The van der Waals surface area contributed by atoms with Crippen LogP contribution >= 0.6 is 0 Å². The second-order valence-electron chi connectivity index (χ2n) is 4.07. The van der Waals surface area contributed by atoms with E-state index in [1.54, 1.807) is 12.3 Å². The first kappa shape index (κ1) is 11.4. The highest BCUT2D eigenvalue weighted by Gasteiger charge is 2.08. The molecule has 0 atom stereocenters. The molecule has 0 aliphatic rings. The SMILES string of the molecule is Cc1nccn1-c1ccc(N)c(OC(C)C)n1. The minimum atomic E-state index is 0.0453. The number of ether oxygens (including phenoxy) is 1. The maximum absolute atomic E-state index is 5.82. The molecule has 0 radical (unpaired) electrons. The first-order chi connectivity index (χ1) is 8.08. The molecule has 0 bridgehead atoms. The third-order valence-electron chi connectivity index (χ3n) is 2.29. The predicted molar refractivity (Wildman–Crippen MR) is 66.3 cm³/mol. The first-order valence-corrected chi connectivity index (χ1v) is 5.51. The standard InChI is InChI=1S/C12H16N4O/c1-8(2)17-12-10(13)4-5-11(15-12)16-7-6-14-9(16)3/h4-8H,13H2,1-3H3. The Hall–Kier alpha value is -2.04. The van der Waals surface area contributed by atoms with E-state index in [9.17, 15) is 0 Å². The molecule has 0 unspecified atom stereocenters. The van der Waals surface area contributed by atoms with Crippen LogP contribution in [0.4, 0.5) is 5.69 Å². The molecule has 2 N–H and O–H groups in total. The van der Waals surface area contributed by atoms with E-state index in [2.05, 4.69) is 9.97 Å². The second kappa shape index (κ2) is 4.45. The Bertz CT molecular complexity index is 519. The Kier molecular flexibility index (Phi) is 2.99. The molecule has 2 heterocycles. The van der Waals surface area contributed by atoms with E-state index in [0.29, 0.717) is 11.6 Å². The van der Waals surface area contributed by atoms with Gasteiger partial charge < -0.3 is 10.5 Å². The number of hydrogen-bond donors (Lipinski definition) is 1. The molecule has 0 saturated heterocycles. The van der Waals surface area contributed by atoms with E-state index in [1.807, 2.05) is 37.6 Å². The van der Waals surface area contributed by atoms with Crippen LogP contribution in [0.2, 0.25) is 0 Å². The summed E-state index contributed by atoms with van der Waals surface area (Å²) in [6.45, 7) is 5.80. The highest BCUT2D eigenvalue weighted by Crippen LogP contribution is 2.21. The molecule has 2 rings (SSSR count). The number of rotatable bonds is 3. The molecule has 0 saturated carbocycles. The fourth-order valence-corrected chi connectivity index (χ4v) is 1.51. The van der Waals surface area contributed by atoms with Gasteiger partial charge in [0.05, 0.1) is 11.8 Å². The minimum Gasteiger partial charge on any atom is -0.473 e. The summed E-state index contributed by atoms with van der Waals surface area (Å²) >= 11 is 0. The first-order valence-electron chi connectivity index (χ1n) is 5.51. The van der Waals surface area contributed by atoms with Crippen LogP contribution in [-0.2, 0) is 0 Å². The van der Waals surface area contributed by atoms with Gasteiger partial charge in [0.15, 0.2) is 0 Å². The Balaban J connectivity index is 2.41. The minimum absolute atomic E-state index is 0.0453. The van der Waals surface area contributed by atoms with Crippen molar-refractivity contribution in [3.63, 3.8) is 0 Å². The lowest BCUT2D eigenvalue weighted by Crippen LogP contribution is -2.10. The molecule has 0 fully saturated rings. The van der Waals surface area contributed by atoms with Crippen molar-refractivity contribution in [1.29, 1.82) is 0 Å². The summed E-state index contributed by atoms with van der Waals surface area (Å²) in [6, 6.07) is 3.64. The molecule has 0 aliphatic carbocycles. The summed E-state index contributed by atoms with van der Waals surface area (Å²) in [5, 5.41) is 0. The smallest absolute Gasteiger partial charge is 0.239 e. The Morgan fingerprint density at radius 3 is 2.71 bits per heavy atom. The van der Waals surface area contributed by atoms with Crippen LogP contribution in [0.5, 0.6) is 5.88 Å². The van der Waals surface area contributed by atoms with Gasteiger partial charge in [0.25, 0.3) is 0 Å². The number of pyridine rings is 1. The van der Waals surface area contributed by atoms with E-state index in [1.165, 1.54) is 0 Å². The van der Waals surface area contributed by atoms with Crippen LogP contribution in [0.1, 0.15) is 19.7 Å². The average molecular weight is 232 g/mol. The normalized spacial score (nSPS) is 10.8. The fraction of sp³-hybridized carbons (Fsp3) is 0.333. The van der Waals surface area contributed by atoms with Crippen LogP contribution < -0.4 is 10.5 Å². The molecule has 0 aliphatic heterocycles. The molecule has 5 nitrogen and oxygen atoms in total. The lowest BCUT2D eigenvalue weighted by Gasteiger charge is -2.12. The van der Waals surface area contributed by atoms with Crippen molar-refractivity contribution >= 4 is 5.69 Å². The van der Waals surface area contributed by atoms with E-state index in [-0.39, 0.29) is 6.10 Å². The number of nitrogens with zero attached hydrogens (tertiary/aromatic N) is 3. The maximum Gasteiger partial charge on any atom is 0.239 e. The fourth-order valence-electron chi connectivity index (χ4n) is 1.51. The number of nitrogen functional groups attached to an aromatic ring is 1. The summed E-state index contributed by atoms with van der Waals surface area (Å²) in [6.07, 6.45) is 3.63. The van der Waals surface area contributed by atoms with Gasteiger partial charge in [-0.1, -0.05) is 0 Å². The number of aryl methyl sites for hydroxylation is 1. The van der Waals surface area contributed by atoms with Crippen molar-refractivity contribution in [2.24, 2.45) is 0 Å². The zero-order chi connectivity index (χ0) is 12.4. The molecule has 0 aromatic carbocycles. The quantitative estimate of drug-likeness (QED) is 0.878. The summed E-state index contributed by atoms with van der Waals surface area (Å²) < 4.78 is 7.44. The third-order valence-corrected chi connectivity index (χ3v) is 2.29. The van der Waals surface area contributed by atoms with Gasteiger partial charge in [0.1, 0.15) is 11.6 Å². The topological polar surface area (TPSA) is 66.0 Å². The molecule has 17 heavy (non-hydrogen) atoms. The molecule has 2 aromatic rings. The molecular weight excluding hydrogens is 216 g/mol. The maximum atomic E-state index is 5.82. The van der Waals surface area contributed by atoms with Crippen molar-refractivity contribution in [2.45, 2.75) is 26.9 Å². The summed E-state index contributed by atoms with van der Waals surface area (Å²) in [5.74, 6) is 2.09. The molecule has 90 valence electrons.